The highest BCUT2D eigenvalue weighted by Gasteiger charge is 2.32. The fraction of sp³-hybridized carbons (Fsp3) is 0.412. The average molecular weight is 640 g/mol. The van der Waals surface area contributed by atoms with Gasteiger partial charge in [0.1, 0.15) is 11.8 Å². The van der Waals surface area contributed by atoms with Gasteiger partial charge in [0, 0.05) is 43.1 Å². The van der Waals surface area contributed by atoms with Crippen LogP contribution in [-0.4, -0.2) is 57.1 Å². The van der Waals surface area contributed by atoms with Crippen LogP contribution in [0, 0.1) is 0 Å². The number of methoxy groups -OCH3 is 1. The number of nitrogens with zero attached hydrogens (tertiary/aromatic N) is 2. The Balaban J connectivity index is 1.58. The van der Waals surface area contributed by atoms with E-state index >= 15 is 0 Å². The van der Waals surface area contributed by atoms with E-state index in [2.05, 4.69) is 5.32 Å². The molecule has 236 valence electrons. The minimum atomic E-state index is -3.62. The molecule has 4 rings (SSSR count). The van der Waals surface area contributed by atoms with Gasteiger partial charge in [0.25, 0.3) is 0 Å². The van der Waals surface area contributed by atoms with Gasteiger partial charge in [0.2, 0.25) is 21.8 Å². The van der Waals surface area contributed by atoms with Gasteiger partial charge >= 0.3 is 0 Å². The lowest BCUT2D eigenvalue weighted by Crippen LogP contribution is -2.52. The number of ether oxygens (including phenoxy) is 1. The third-order valence-electron chi connectivity index (χ3n) is 7.98. The van der Waals surface area contributed by atoms with Crippen LogP contribution in [0.15, 0.2) is 78.9 Å². The van der Waals surface area contributed by atoms with Crippen LogP contribution in [0.4, 0.5) is 5.69 Å². The maximum Gasteiger partial charge on any atom is 0.243 e. The molecule has 0 radical (unpaired) electrons. The lowest BCUT2D eigenvalue weighted by atomic mass is 9.94. The van der Waals surface area contributed by atoms with E-state index in [9.17, 15) is 18.0 Å². The zero-order chi connectivity index (χ0) is 31.5. The highest BCUT2D eigenvalue weighted by molar-refractivity contribution is 7.92. The Morgan fingerprint density at radius 2 is 1.66 bits per heavy atom. The molecule has 8 nitrogen and oxygen atoms in total. The van der Waals surface area contributed by atoms with Gasteiger partial charge in [0.15, 0.2) is 0 Å². The first-order valence-corrected chi connectivity index (χ1v) is 17.4. The SMILES string of the molecule is COc1cccc(N(CCCC(=O)N(Cc2ccc(Cl)cc2)C(Cc2ccccc2)C(=O)NC2CCCCC2)S(C)(=O)=O)c1. The van der Waals surface area contributed by atoms with Crippen LogP contribution in [0.1, 0.15) is 56.1 Å². The average Bonchev–Trinajstić information content (AvgIpc) is 3.02. The van der Waals surface area contributed by atoms with Gasteiger partial charge < -0.3 is 15.0 Å². The first kappa shape index (κ1) is 33.3. The second-order valence-electron chi connectivity index (χ2n) is 11.3. The Labute approximate surface area is 266 Å². The summed E-state index contributed by atoms with van der Waals surface area (Å²) < 4.78 is 32.0. The van der Waals surface area contributed by atoms with Crippen molar-refractivity contribution in [1.82, 2.24) is 10.2 Å². The summed E-state index contributed by atoms with van der Waals surface area (Å²) in [5.74, 6) is 0.144. The maximum absolute atomic E-state index is 14.0. The highest BCUT2D eigenvalue weighted by Crippen LogP contribution is 2.25. The third-order valence-corrected chi connectivity index (χ3v) is 9.43. The molecule has 1 unspecified atom stereocenters. The van der Waals surface area contributed by atoms with Crippen LogP contribution in [0.5, 0.6) is 5.75 Å². The molecule has 1 fully saturated rings. The molecule has 1 aliphatic carbocycles. The summed E-state index contributed by atoms with van der Waals surface area (Å²) in [4.78, 5) is 29.6. The van der Waals surface area contributed by atoms with Crippen molar-refractivity contribution < 1.29 is 22.7 Å². The van der Waals surface area contributed by atoms with Crippen molar-refractivity contribution in [2.75, 3.05) is 24.2 Å². The van der Waals surface area contributed by atoms with Gasteiger partial charge in [-0.2, -0.15) is 0 Å². The fourth-order valence-corrected chi connectivity index (χ4v) is 6.74. The molecule has 44 heavy (non-hydrogen) atoms. The summed E-state index contributed by atoms with van der Waals surface area (Å²) >= 11 is 6.14. The smallest absolute Gasteiger partial charge is 0.243 e. The number of benzene rings is 3. The zero-order valence-corrected chi connectivity index (χ0v) is 27.0. The summed E-state index contributed by atoms with van der Waals surface area (Å²) in [5.41, 5.74) is 2.26. The number of carbonyl (C=O) groups is 2. The minimum Gasteiger partial charge on any atom is -0.497 e. The van der Waals surface area contributed by atoms with Crippen LogP contribution in [0.25, 0.3) is 0 Å². The molecule has 1 aliphatic rings. The molecule has 10 heteroatoms. The Hall–Kier alpha value is -3.56. The number of carbonyl (C=O) groups excluding carboxylic acids is 2. The van der Waals surface area contributed by atoms with Crippen LogP contribution < -0.4 is 14.4 Å². The molecular weight excluding hydrogens is 598 g/mol. The molecule has 3 aromatic carbocycles. The first-order chi connectivity index (χ1) is 21.1. The summed E-state index contributed by atoms with van der Waals surface area (Å²) in [5, 5.41) is 3.83. The van der Waals surface area contributed by atoms with Crippen molar-refractivity contribution in [2.45, 2.75) is 70.0 Å². The molecule has 1 saturated carbocycles. The van der Waals surface area contributed by atoms with Crippen molar-refractivity contribution in [1.29, 1.82) is 0 Å². The predicted octanol–water partition coefficient (Wildman–Crippen LogP) is 5.98. The van der Waals surface area contributed by atoms with Crippen molar-refractivity contribution >= 4 is 39.1 Å². The molecule has 0 bridgehead atoms. The van der Waals surface area contributed by atoms with Crippen LogP contribution in [-0.2, 0) is 32.6 Å². The van der Waals surface area contributed by atoms with E-state index in [0.29, 0.717) is 22.9 Å². The molecule has 1 N–H and O–H groups in total. The third kappa shape index (κ3) is 9.72. The van der Waals surface area contributed by atoms with Crippen molar-refractivity contribution in [3.8, 4) is 5.75 Å². The van der Waals surface area contributed by atoms with E-state index in [0.717, 1.165) is 43.1 Å². The lowest BCUT2D eigenvalue weighted by molar-refractivity contribution is -0.141. The number of hydrogen-bond acceptors (Lipinski definition) is 5. The molecule has 2 amide bonds. The van der Waals surface area contributed by atoms with Crippen LogP contribution in [0.2, 0.25) is 5.02 Å². The Morgan fingerprint density at radius 1 is 0.955 bits per heavy atom. The summed E-state index contributed by atoms with van der Waals surface area (Å²) in [6.45, 7) is 0.321. The second kappa shape index (κ2) is 16.0. The van der Waals surface area contributed by atoms with E-state index in [-0.39, 0.29) is 43.8 Å². The van der Waals surface area contributed by atoms with Gasteiger partial charge in [-0.05, 0) is 54.7 Å². The summed E-state index contributed by atoms with van der Waals surface area (Å²) in [6.07, 6.45) is 7.01. The fourth-order valence-electron chi connectivity index (χ4n) is 5.65. The van der Waals surface area contributed by atoms with Crippen LogP contribution in [0.3, 0.4) is 0 Å². The van der Waals surface area contributed by atoms with E-state index < -0.39 is 16.1 Å². The first-order valence-electron chi connectivity index (χ1n) is 15.1. The minimum absolute atomic E-state index is 0.0611. The molecule has 0 heterocycles. The number of hydrogen-bond donors (Lipinski definition) is 1. The quantitative estimate of drug-likeness (QED) is 0.234. The number of amides is 2. The summed E-state index contributed by atoms with van der Waals surface area (Å²) in [7, 11) is -2.10. The normalized spacial score (nSPS) is 14.4. The number of anilines is 1. The van der Waals surface area contributed by atoms with Gasteiger partial charge in [-0.3, -0.25) is 13.9 Å². The van der Waals surface area contributed by atoms with Gasteiger partial charge in [-0.25, -0.2) is 8.42 Å². The van der Waals surface area contributed by atoms with Gasteiger partial charge in [-0.1, -0.05) is 79.4 Å². The topological polar surface area (TPSA) is 96.0 Å². The molecule has 0 aliphatic heterocycles. The Bertz CT molecular complexity index is 1480. The Morgan fingerprint density at radius 3 is 2.32 bits per heavy atom. The number of sulfonamides is 1. The highest BCUT2D eigenvalue weighted by atomic mass is 35.5. The largest absolute Gasteiger partial charge is 0.497 e. The van der Waals surface area contributed by atoms with E-state index in [1.165, 1.54) is 17.8 Å². The number of nitrogens with one attached hydrogen (secondary N) is 1. The number of rotatable bonds is 14. The van der Waals surface area contributed by atoms with Gasteiger partial charge in [-0.15, -0.1) is 0 Å². The molecule has 0 spiro atoms. The van der Waals surface area contributed by atoms with E-state index in [4.69, 9.17) is 16.3 Å². The summed E-state index contributed by atoms with van der Waals surface area (Å²) in [6, 6.07) is 23.1. The second-order valence-corrected chi connectivity index (χ2v) is 13.7. The van der Waals surface area contributed by atoms with Crippen molar-refractivity contribution in [3.05, 3.63) is 95.0 Å². The lowest BCUT2D eigenvalue weighted by Gasteiger charge is -2.34. The molecule has 1 atom stereocenters. The van der Waals surface area contributed by atoms with Crippen molar-refractivity contribution in [2.24, 2.45) is 0 Å². The zero-order valence-electron chi connectivity index (χ0n) is 25.5. The molecule has 0 saturated heterocycles. The predicted molar refractivity (Wildman–Crippen MR) is 175 cm³/mol. The Kier molecular flexibility index (Phi) is 12.1. The molecule has 0 aromatic heterocycles. The van der Waals surface area contributed by atoms with Crippen molar-refractivity contribution in [3.63, 3.8) is 0 Å². The van der Waals surface area contributed by atoms with E-state index in [1.54, 1.807) is 41.3 Å². The van der Waals surface area contributed by atoms with E-state index in [1.807, 2.05) is 42.5 Å². The number of halogens is 1. The molecular formula is C34H42ClN3O5S. The maximum atomic E-state index is 14.0. The van der Waals surface area contributed by atoms with Crippen LogP contribution >= 0.6 is 11.6 Å². The molecule has 3 aromatic rings. The monoisotopic (exact) mass is 639 g/mol. The van der Waals surface area contributed by atoms with Gasteiger partial charge in [0.05, 0.1) is 19.1 Å². The standard InChI is InChI=1S/C34H42ClN3O5S/c1-43-31-16-9-15-30(24-31)38(44(2,41)42)22-10-17-33(39)37(25-27-18-20-28(35)21-19-27)32(23-26-11-5-3-6-12-26)34(40)36-29-13-7-4-8-14-29/h3,5-6,9,11-12,15-16,18-21,24,29,32H,4,7-8,10,13-14,17,22-23,25H2,1-2H3,(H,36,40).